The van der Waals surface area contributed by atoms with Crippen molar-refractivity contribution in [2.75, 3.05) is 0 Å². The van der Waals surface area contributed by atoms with Crippen LogP contribution in [0.3, 0.4) is 0 Å². The average molecular weight is 465 g/mol. The molecule has 0 radical (unpaired) electrons. The molecule has 8 nitrogen and oxygen atoms in total. The average Bonchev–Trinajstić information content (AvgIpc) is 3.23. The van der Waals surface area contributed by atoms with Gasteiger partial charge in [0.25, 0.3) is 11.2 Å². The van der Waals surface area contributed by atoms with Gasteiger partial charge in [-0.1, -0.05) is 24.3 Å². The van der Waals surface area contributed by atoms with Gasteiger partial charge in [0.15, 0.2) is 0 Å². The standard InChI is InChI=1S/C23H14F3N5O3/c24-23(25,26)14-6-3-7-15(12-14)30-21-16(8-4-10-27-21)20-19(22(30)32)17(28-29-20)11-13-5-1-2-9-18(13)31(33)34/h1-10,12H,11H2,(H,28,29). The van der Waals surface area contributed by atoms with Crippen LogP contribution in [0, 0.1) is 10.1 Å². The van der Waals surface area contributed by atoms with Crippen molar-refractivity contribution in [1.82, 2.24) is 19.7 Å². The first kappa shape index (κ1) is 21.3. The monoisotopic (exact) mass is 465 g/mol. The first-order chi connectivity index (χ1) is 16.3. The maximum Gasteiger partial charge on any atom is 0.416 e. The molecule has 1 N–H and O–H groups in total. The number of aromatic amines is 1. The number of nitrogens with zero attached hydrogens (tertiary/aromatic N) is 4. The SMILES string of the molecule is O=c1c2c(Cc3ccccc3[N+](=O)[O-])[nH]nc2c2cccnc2n1-c1cccc(C(F)(F)F)c1. The van der Waals surface area contributed by atoms with E-state index in [4.69, 9.17) is 0 Å². The molecule has 0 saturated carbocycles. The second-order valence-electron chi connectivity index (χ2n) is 7.55. The summed E-state index contributed by atoms with van der Waals surface area (Å²) in [6.45, 7) is 0. The van der Waals surface area contributed by atoms with Gasteiger partial charge in [-0.25, -0.2) is 4.98 Å². The minimum absolute atomic E-state index is 0.00273. The topological polar surface area (TPSA) is 107 Å². The van der Waals surface area contributed by atoms with E-state index in [0.717, 1.165) is 16.7 Å². The van der Waals surface area contributed by atoms with E-state index in [9.17, 15) is 28.1 Å². The van der Waals surface area contributed by atoms with Gasteiger partial charge in [-0.05, 0) is 30.3 Å². The fourth-order valence-electron chi connectivity index (χ4n) is 3.99. The summed E-state index contributed by atoms with van der Waals surface area (Å²) in [6, 6.07) is 13.8. The zero-order chi connectivity index (χ0) is 24.0. The van der Waals surface area contributed by atoms with Crippen LogP contribution < -0.4 is 5.56 Å². The lowest BCUT2D eigenvalue weighted by molar-refractivity contribution is -0.385. The molecule has 0 atom stereocenters. The molecule has 0 amide bonds. The molecule has 0 aliphatic heterocycles. The first-order valence-electron chi connectivity index (χ1n) is 10.0. The molecule has 3 aromatic heterocycles. The summed E-state index contributed by atoms with van der Waals surface area (Å²) < 4.78 is 41.1. The molecule has 5 rings (SSSR count). The number of alkyl halides is 3. The smallest absolute Gasteiger partial charge is 0.281 e. The Bertz CT molecular complexity index is 1640. The summed E-state index contributed by atoms with van der Waals surface area (Å²) in [5.41, 5.74) is -0.589. The lowest BCUT2D eigenvalue weighted by Gasteiger charge is -2.13. The van der Waals surface area contributed by atoms with Crippen LogP contribution in [0.2, 0.25) is 0 Å². The van der Waals surface area contributed by atoms with Gasteiger partial charge in [0.1, 0.15) is 11.2 Å². The summed E-state index contributed by atoms with van der Waals surface area (Å²) in [6.07, 6.45) is -3.17. The van der Waals surface area contributed by atoms with Crippen molar-refractivity contribution in [2.24, 2.45) is 0 Å². The fourth-order valence-corrected chi connectivity index (χ4v) is 3.99. The largest absolute Gasteiger partial charge is 0.416 e. The van der Waals surface area contributed by atoms with Crippen molar-refractivity contribution < 1.29 is 18.1 Å². The number of aromatic nitrogens is 4. The summed E-state index contributed by atoms with van der Waals surface area (Å²) in [7, 11) is 0. The molecular weight excluding hydrogens is 451 g/mol. The number of H-pyrrole nitrogens is 1. The van der Waals surface area contributed by atoms with Crippen LogP contribution in [-0.4, -0.2) is 24.7 Å². The Morgan fingerprint density at radius 3 is 2.62 bits per heavy atom. The molecular formula is C23H14F3N5O3. The quantitative estimate of drug-likeness (QED) is 0.304. The highest BCUT2D eigenvalue weighted by atomic mass is 19.4. The summed E-state index contributed by atoms with van der Waals surface area (Å²) >= 11 is 0. The van der Waals surface area contributed by atoms with Crippen LogP contribution >= 0.6 is 0 Å². The van der Waals surface area contributed by atoms with Gasteiger partial charge in [-0.3, -0.25) is 24.6 Å². The number of para-hydroxylation sites is 1. The predicted molar refractivity (Wildman–Crippen MR) is 118 cm³/mol. The Labute approximate surface area is 188 Å². The van der Waals surface area contributed by atoms with Crippen LogP contribution in [-0.2, 0) is 12.6 Å². The van der Waals surface area contributed by atoms with E-state index in [1.807, 2.05) is 0 Å². The molecule has 0 fully saturated rings. The van der Waals surface area contributed by atoms with E-state index in [1.165, 1.54) is 30.5 Å². The third-order valence-corrected chi connectivity index (χ3v) is 5.50. The third kappa shape index (κ3) is 3.47. The molecule has 0 bridgehead atoms. The van der Waals surface area contributed by atoms with Crippen molar-refractivity contribution >= 4 is 27.6 Å². The second kappa shape index (κ2) is 7.80. The van der Waals surface area contributed by atoms with Crippen molar-refractivity contribution in [3.63, 3.8) is 0 Å². The van der Waals surface area contributed by atoms with E-state index < -0.39 is 22.2 Å². The van der Waals surface area contributed by atoms with Gasteiger partial charge in [0, 0.05) is 29.6 Å². The molecule has 0 aliphatic carbocycles. The van der Waals surface area contributed by atoms with Gasteiger partial charge >= 0.3 is 6.18 Å². The lowest BCUT2D eigenvalue weighted by atomic mass is 10.0. The first-order valence-corrected chi connectivity index (χ1v) is 10.0. The Balaban J connectivity index is 1.79. The highest BCUT2D eigenvalue weighted by molar-refractivity contribution is 6.03. The summed E-state index contributed by atoms with van der Waals surface area (Å²) in [5, 5.41) is 19.0. The molecule has 170 valence electrons. The molecule has 0 unspecified atom stereocenters. The number of halogens is 3. The van der Waals surface area contributed by atoms with Crippen molar-refractivity contribution in [3.8, 4) is 5.69 Å². The molecule has 3 heterocycles. The predicted octanol–water partition coefficient (Wildman–Crippen LogP) is 4.78. The molecule has 0 aliphatic rings. The highest BCUT2D eigenvalue weighted by Gasteiger charge is 2.31. The molecule has 5 aromatic rings. The fraction of sp³-hybridized carbons (Fsp3) is 0.0870. The van der Waals surface area contributed by atoms with Crippen LogP contribution in [0.5, 0.6) is 0 Å². The number of hydrogen-bond donors (Lipinski definition) is 1. The number of benzene rings is 2. The number of nitrogens with one attached hydrogen (secondary N) is 1. The Kier molecular flexibility index (Phi) is 4.89. The highest BCUT2D eigenvalue weighted by Crippen LogP contribution is 2.32. The minimum atomic E-state index is -4.60. The van der Waals surface area contributed by atoms with Crippen LogP contribution in [0.25, 0.3) is 27.6 Å². The third-order valence-electron chi connectivity index (χ3n) is 5.50. The van der Waals surface area contributed by atoms with Gasteiger partial charge < -0.3 is 0 Å². The van der Waals surface area contributed by atoms with Gasteiger partial charge in [-0.2, -0.15) is 18.3 Å². The van der Waals surface area contributed by atoms with Crippen LogP contribution in [0.1, 0.15) is 16.8 Å². The van der Waals surface area contributed by atoms with E-state index in [0.29, 0.717) is 16.6 Å². The number of fused-ring (bicyclic) bond motifs is 3. The molecule has 11 heteroatoms. The van der Waals surface area contributed by atoms with Gasteiger partial charge in [0.2, 0.25) is 0 Å². The summed E-state index contributed by atoms with van der Waals surface area (Å²) in [4.78, 5) is 28.8. The zero-order valence-corrected chi connectivity index (χ0v) is 17.2. The molecule has 0 spiro atoms. The Morgan fingerprint density at radius 1 is 1.06 bits per heavy atom. The molecule has 34 heavy (non-hydrogen) atoms. The number of hydrogen-bond acceptors (Lipinski definition) is 5. The van der Waals surface area contributed by atoms with E-state index in [-0.39, 0.29) is 34.3 Å². The lowest BCUT2D eigenvalue weighted by Crippen LogP contribution is -2.21. The van der Waals surface area contributed by atoms with E-state index in [2.05, 4.69) is 15.2 Å². The van der Waals surface area contributed by atoms with Gasteiger partial charge in [-0.15, -0.1) is 0 Å². The Hall–Kier alpha value is -4.54. The number of nitro benzene ring substituents is 1. The van der Waals surface area contributed by atoms with Crippen molar-refractivity contribution in [1.29, 1.82) is 0 Å². The number of rotatable bonds is 4. The van der Waals surface area contributed by atoms with Crippen LogP contribution in [0.4, 0.5) is 18.9 Å². The van der Waals surface area contributed by atoms with Crippen molar-refractivity contribution in [3.05, 3.63) is 104 Å². The van der Waals surface area contributed by atoms with Crippen molar-refractivity contribution in [2.45, 2.75) is 12.6 Å². The second-order valence-corrected chi connectivity index (χ2v) is 7.55. The van der Waals surface area contributed by atoms with E-state index in [1.54, 1.807) is 24.3 Å². The number of nitro groups is 1. The Morgan fingerprint density at radius 2 is 1.85 bits per heavy atom. The van der Waals surface area contributed by atoms with Gasteiger partial charge in [0.05, 0.1) is 27.3 Å². The zero-order valence-electron chi connectivity index (χ0n) is 17.2. The summed E-state index contributed by atoms with van der Waals surface area (Å²) in [5.74, 6) is 0. The van der Waals surface area contributed by atoms with E-state index >= 15 is 0 Å². The maximum absolute atomic E-state index is 13.6. The molecule has 0 saturated heterocycles. The maximum atomic E-state index is 13.6. The molecule has 2 aromatic carbocycles. The number of pyridine rings is 2. The normalized spacial score (nSPS) is 11.9. The minimum Gasteiger partial charge on any atom is -0.281 e. The van der Waals surface area contributed by atoms with Crippen LogP contribution in [0.15, 0.2) is 71.7 Å².